The topological polar surface area (TPSA) is 59.6 Å². The summed E-state index contributed by atoms with van der Waals surface area (Å²) in [4.78, 5) is 3.46. The lowest BCUT2D eigenvalue weighted by Crippen LogP contribution is -1.96. The summed E-state index contributed by atoms with van der Waals surface area (Å²) in [6, 6.07) is 6.31. The van der Waals surface area contributed by atoms with Gasteiger partial charge >= 0.3 is 0 Å². The summed E-state index contributed by atoms with van der Waals surface area (Å²) in [7, 11) is 1.86. The van der Waals surface area contributed by atoms with Crippen molar-refractivity contribution in [2.75, 3.05) is 5.73 Å². The lowest BCUT2D eigenvalue weighted by molar-refractivity contribution is 0.782. The van der Waals surface area contributed by atoms with Gasteiger partial charge in [0.2, 0.25) is 0 Å². The molecule has 2 aromatic heterocycles. The molecule has 2 heterocycles. The number of nitrogens with zero attached hydrogens (tertiary/aromatic N) is 2. The molecule has 0 atom stereocenters. The number of hydrogen-bond acceptors (Lipinski definition) is 2. The first-order chi connectivity index (χ1) is 8.97. The van der Waals surface area contributed by atoms with E-state index in [0.29, 0.717) is 5.82 Å². The molecule has 3 rings (SSSR count). The number of H-pyrrole nitrogens is 1. The zero-order chi connectivity index (χ0) is 13.7. The number of aromatic nitrogens is 3. The Morgan fingerprint density at radius 1 is 1.16 bits per heavy atom. The predicted molar refractivity (Wildman–Crippen MR) is 79.1 cm³/mol. The summed E-state index contributed by atoms with van der Waals surface area (Å²) in [6.45, 7) is 6.32. The third-order valence-corrected chi connectivity index (χ3v) is 3.61. The summed E-state index contributed by atoms with van der Waals surface area (Å²) in [5.41, 5.74) is 12.8. The van der Waals surface area contributed by atoms with Gasteiger partial charge in [-0.15, -0.1) is 0 Å². The number of nitrogens with two attached hydrogens (primary N) is 1. The highest BCUT2D eigenvalue weighted by Crippen LogP contribution is 2.34. The van der Waals surface area contributed by atoms with Crippen LogP contribution in [-0.2, 0) is 7.05 Å². The first-order valence-electron chi connectivity index (χ1n) is 6.37. The Labute approximate surface area is 112 Å². The Kier molecular flexibility index (Phi) is 2.42. The fourth-order valence-corrected chi connectivity index (χ4v) is 2.72. The molecular formula is C15H18N4. The van der Waals surface area contributed by atoms with Crippen molar-refractivity contribution in [2.45, 2.75) is 20.8 Å². The largest absolute Gasteiger partial charge is 0.384 e. The molecule has 4 nitrogen and oxygen atoms in total. The van der Waals surface area contributed by atoms with Crippen LogP contribution < -0.4 is 5.73 Å². The van der Waals surface area contributed by atoms with Crippen molar-refractivity contribution < 1.29 is 0 Å². The van der Waals surface area contributed by atoms with Crippen LogP contribution >= 0.6 is 0 Å². The Balaban J connectivity index is 2.37. The van der Waals surface area contributed by atoms with Gasteiger partial charge in [0.05, 0.1) is 5.69 Å². The fraction of sp³-hybridized carbons (Fsp3) is 0.267. The molecule has 0 saturated carbocycles. The minimum atomic E-state index is 0.674. The number of hydrogen-bond donors (Lipinski definition) is 2. The van der Waals surface area contributed by atoms with Crippen molar-refractivity contribution in [3.8, 4) is 11.3 Å². The maximum absolute atomic E-state index is 5.89. The Hall–Kier alpha value is -2.23. The van der Waals surface area contributed by atoms with Gasteiger partial charge in [-0.2, -0.15) is 5.10 Å². The summed E-state index contributed by atoms with van der Waals surface area (Å²) < 4.78 is 1.70. The summed E-state index contributed by atoms with van der Waals surface area (Å²) >= 11 is 0. The lowest BCUT2D eigenvalue weighted by Gasteiger charge is -2.01. The van der Waals surface area contributed by atoms with Crippen molar-refractivity contribution in [2.24, 2.45) is 7.05 Å². The van der Waals surface area contributed by atoms with E-state index in [4.69, 9.17) is 5.73 Å². The second kappa shape index (κ2) is 3.88. The van der Waals surface area contributed by atoms with E-state index in [0.717, 1.165) is 17.0 Å². The van der Waals surface area contributed by atoms with Crippen LogP contribution in [0, 0.1) is 20.8 Å². The highest BCUT2D eigenvalue weighted by Gasteiger charge is 2.15. The standard InChI is InChI=1S/C15H18N4/c1-8-5-9(2)15-11(6-8)14(10(3)17-15)12-7-13(16)19(4)18-12/h5-7,17H,16H2,1-4H3. The van der Waals surface area contributed by atoms with Crippen molar-refractivity contribution in [3.63, 3.8) is 0 Å². The maximum Gasteiger partial charge on any atom is 0.121 e. The van der Waals surface area contributed by atoms with Crippen LogP contribution in [0.15, 0.2) is 18.2 Å². The molecule has 0 unspecified atom stereocenters. The predicted octanol–water partition coefficient (Wildman–Crippen LogP) is 3.08. The highest BCUT2D eigenvalue weighted by molar-refractivity contribution is 5.98. The van der Waals surface area contributed by atoms with Gasteiger partial charge in [0.25, 0.3) is 0 Å². The van der Waals surface area contributed by atoms with E-state index in [1.807, 2.05) is 13.1 Å². The molecule has 4 heteroatoms. The SMILES string of the molecule is Cc1cc(C)c2[nH]c(C)c(-c3cc(N)n(C)n3)c2c1. The average Bonchev–Trinajstić information content (AvgIpc) is 2.80. The highest BCUT2D eigenvalue weighted by atomic mass is 15.3. The number of nitrogens with one attached hydrogen (secondary N) is 1. The van der Waals surface area contributed by atoms with E-state index in [-0.39, 0.29) is 0 Å². The molecule has 19 heavy (non-hydrogen) atoms. The van der Waals surface area contributed by atoms with Gasteiger partial charge in [-0.3, -0.25) is 4.68 Å². The molecule has 0 fully saturated rings. The third kappa shape index (κ3) is 1.71. The summed E-state index contributed by atoms with van der Waals surface area (Å²) in [6.07, 6.45) is 0. The molecule has 0 aliphatic heterocycles. The lowest BCUT2D eigenvalue weighted by atomic mass is 10.0. The van der Waals surface area contributed by atoms with Gasteiger partial charge in [0.15, 0.2) is 0 Å². The third-order valence-electron chi connectivity index (χ3n) is 3.61. The first kappa shape index (κ1) is 11.8. The van der Waals surface area contributed by atoms with Crippen LogP contribution in [0.1, 0.15) is 16.8 Å². The average molecular weight is 254 g/mol. The molecule has 0 aliphatic rings. The Morgan fingerprint density at radius 2 is 1.89 bits per heavy atom. The smallest absolute Gasteiger partial charge is 0.121 e. The van der Waals surface area contributed by atoms with Crippen molar-refractivity contribution >= 4 is 16.7 Å². The molecule has 3 aromatic rings. The van der Waals surface area contributed by atoms with E-state index in [1.54, 1.807) is 4.68 Å². The molecule has 0 bridgehead atoms. The minimum Gasteiger partial charge on any atom is -0.384 e. The zero-order valence-electron chi connectivity index (χ0n) is 11.7. The van der Waals surface area contributed by atoms with E-state index < -0.39 is 0 Å². The Bertz CT molecular complexity index is 758. The van der Waals surface area contributed by atoms with Crippen LogP contribution in [0.25, 0.3) is 22.2 Å². The molecule has 98 valence electrons. The Morgan fingerprint density at radius 3 is 2.53 bits per heavy atom. The van der Waals surface area contributed by atoms with Crippen LogP contribution in [0.4, 0.5) is 5.82 Å². The molecule has 1 aromatic carbocycles. The van der Waals surface area contributed by atoms with E-state index >= 15 is 0 Å². The monoisotopic (exact) mass is 254 g/mol. The number of aromatic amines is 1. The van der Waals surface area contributed by atoms with Gasteiger partial charge < -0.3 is 10.7 Å². The molecule has 0 aliphatic carbocycles. The van der Waals surface area contributed by atoms with Gasteiger partial charge in [-0.05, 0) is 32.4 Å². The quantitative estimate of drug-likeness (QED) is 0.701. The number of fused-ring (bicyclic) bond motifs is 1. The van der Waals surface area contributed by atoms with Crippen LogP contribution in [0.5, 0.6) is 0 Å². The minimum absolute atomic E-state index is 0.674. The van der Waals surface area contributed by atoms with Crippen LogP contribution in [-0.4, -0.2) is 14.8 Å². The van der Waals surface area contributed by atoms with Gasteiger partial charge in [-0.25, -0.2) is 0 Å². The summed E-state index contributed by atoms with van der Waals surface area (Å²) in [5.74, 6) is 0.674. The number of aryl methyl sites for hydroxylation is 4. The molecule has 0 spiro atoms. The van der Waals surface area contributed by atoms with Gasteiger partial charge in [0.1, 0.15) is 5.82 Å². The summed E-state index contributed by atoms with van der Waals surface area (Å²) in [5, 5.41) is 5.71. The number of benzene rings is 1. The molecule has 0 amide bonds. The van der Waals surface area contributed by atoms with Crippen molar-refractivity contribution in [3.05, 3.63) is 35.0 Å². The molecule has 3 N–H and O–H groups in total. The van der Waals surface area contributed by atoms with Crippen molar-refractivity contribution in [1.82, 2.24) is 14.8 Å². The second-order valence-corrected chi connectivity index (χ2v) is 5.21. The van der Waals surface area contributed by atoms with E-state index in [9.17, 15) is 0 Å². The normalized spacial score (nSPS) is 11.4. The van der Waals surface area contributed by atoms with E-state index in [1.165, 1.54) is 22.0 Å². The van der Waals surface area contributed by atoms with Crippen LogP contribution in [0.2, 0.25) is 0 Å². The molecular weight excluding hydrogens is 236 g/mol. The molecule has 0 saturated heterocycles. The molecule has 0 radical (unpaired) electrons. The first-order valence-corrected chi connectivity index (χ1v) is 6.37. The zero-order valence-corrected chi connectivity index (χ0v) is 11.7. The van der Waals surface area contributed by atoms with E-state index in [2.05, 4.69) is 43.0 Å². The second-order valence-electron chi connectivity index (χ2n) is 5.21. The van der Waals surface area contributed by atoms with Gasteiger partial charge in [-0.1, -0.05) is 11.6 Å². The van der Waals surface area contributed by atoms with Gasteiger partial charge in [0, 0.05) is 35.3 Å². The number of nitrogen functional groups attached to an aromatic ring is 1. The number of anilines is 1. The number of rotatable bonds is 1. The van der Waals surface area contributed by atoms with Crippen LogP contribution in [0.3, 0.4) is 0 Å². The fourth-order valence-electron chi connectivity index (χ4n) is 2.72. The van der Waals surface area contributed by atoms with Crippen molar-refractivity contribution in [1.29, 1.82) is 0 Å². The maximum atomic E-state index is 5.89.